The van der Waals surface area contributed by atoms with Crippen LogP contribution in [0.4, 0.5) is 5.13 Å². The van der Waals surface area contributed by atoms with Gasteiger partial charge in [0.1, 0.15) is 0 Å². The van der Waals surface area contributed by atoms with Crippen molar-refractivity contribution in [1.82, 2.24) is 9.88 Å². The van der Waals surface area contributed by atoms with Crippen LogP contribution < -0.4 is 4.90 Å². The Balaban J connectivity index is 1.45. The van der Waals surface area contributed by atoms with Gasteiger partial charge in [-0.15, -0.1) is 11.8 Å². The fraction of sp³-hybridized carbons (Fsp3) is 0.391. The molecule has 0 atom stereocenters. The molecule has 5 nitrogen and oxygen atoms in total. The number of benzene rings is 2. The Kier molecular flexibility index (Phi) is 7.38. The molecule has 0 bridgehead atoms. The normalized spacial score (nSPS) is 14.8. The number of carbonyl (C=O) groups is 1. The van der Waals surface area contributed by atoms with Crippen molar-refractivity contribution in [2.75, 3.05) is 50.0 Å². The van der Waals surface area contributed by atoms with E-state index in [1.165, 1.54) is 10.5 Å². The quantitative estimate of drug-likeness (QED) is 0.483. The second-order valence-corrected chi connectivity index (χ2v) is 9.56. The Labute approximate surface area is 186 Å². The number of thiazole rings is 1. The van der Waals surface area contributed by atoms with E-state index >= 15 is 0 Å². The minimum absolute atomic E-state index is 0.141. The molecule has 7 heteroatoms. The first kappa shape index (κ1) is 21.3. The Morgan fingerprint density at radius 1 is 1.20 bits per heavy atom. The van der Waals surface area contributed by atoms with Crippen molar-refractivity contribution in [3.05, 3.63) is 54.1 Å². The second kappa shape index (κ2) is 10.4. The van der Waals surface area contributed by atoms with Gasteiger partial charge in [0.2, 0.25) is 5.91 Å². The lowest BCUT2D eigenvalue weighted by Gasteiger charge is -2.29. The molecular weight excluding hydrogens is 414 g/mol. The highest BCUT2D eigenvalue weighted by Gasteiger charge is 2.21. The molecule has 2 aromatic carbocycles. The average molecular weight is 442 g/mol. The summed E-state index contributed by atoms with van der Waals surface area (Å²) in [6.07, 6.45) is 0.498. The van der Waals surface area contributed by atoms with E-state index in [1.807, 2.05) is 29.2 Å². The maximum atomic E-state index is 13.2. The van der Waals surface area contributed by atoms with E-state index in [0.717, 1.165) is 53.9 Å². The fourth-order valence-electron chi connectivity index (χ4n) is 3.44. The molecule has 1 aliphatic heterocycles. The summed E-state index contributed by atoms with van der Waals surface area (Å²) in [7, 11) is 0. The summed E-state index contributed by atoms with van der Waals surface area (Å²) in [5.41, 5.74) is 2.17. The van der Waals surface area contributed by atoms with Crippen molar-refractivity contribution in [1.29, 1.82) is 0 Å². The Morgan fingerprint density at radius 2 is 2.00 bits per heavy atom. The molecule has 0 aliphatic carbocycles. The lowest BCUT2D eigenvalue weighted by atomic mass is 10.2. The number of anilines is 1. The number of ether oxygens (including phenoxy) is 1. The number of morpholine rings is 1. The molecule has 1 aliphatic rings. The topological polar surface area (TPSA) is 45.7 Å². The number of rotatable bonds is 8. The Bertz CT molecular complexity index is 971. The van der Waals surface area contributed by atoms with Gasteiger partial charge in [0.15, 0.2) is 5.13 Å². The molecule has 1 saturated heterocycles. The molecule has 30 heavy (non-hydrogen) atoms. The number of thioether (sulfide) groups is 1. The summed E-state index contributed by atoms with van der Waals surface area (Å²) < 4.78 is 6.58. The number of aryl methyl sites for hydroxylation is 1. The highest BCUT2D eigenvalue weighted by Crippen LogP contribution is 2.30. The summed E-state index contributed by atoms with van der Waals surface area (Å²) in [6, 6.07) is 16.5. The van der Waals surface area contributed by atoms with Crippen LogP contribution in [0, 0.1) is 6.92 Å². The molecule has 4 rings (SSSR count). The van der Waals surface area contributed by atoms with Gasteiger partial charge < -0.3 is 4.74 Å². The van der Waals surface area contributed by atoms with Gasteiger partial charge in [0.25, 0.3) is 0 Å². The van der Waals surface area contributed by atoms with Crippen LogP contribution in [0.15, 0.2) is 53.4 Å². The lowest BCUT2D eigenvalue weighted by Crippen LogP contribution is -2.43. The molecule has 0 radical (unpaired) electrons. The molecule has 0 unspecified atom stereocenters. The monoisotopic (exact) mass is 441 g/mol. The summed E-state index contributed by atoms with van der Waals surface area (Å²) >= 11 is 3.33. The van der Waals surface area contributed by atoms with E-state index < -0.39 is 0 Å². The predicted octanol–water partition coefficient (Wildman–Crippen LogP) is 4.45. The Morgan fingerprint density at radius 3 is 2.80 bits per heavy atom. The summed E-state index contributed by atoms with van der Waals surface area (Å²) in [6.45, 7) is 6.96. The van der Waals surface area contributed by atoms with Crippen molar-refractivity contribution in [3.8, 4) is 0 Å². The highest BCUT2D eigenvalue weighted by atomic mass is 32.2. The summed E-state index contributed by atoms with van der Waals surface area (Å²) in [5, 5.41) is 0.804. The lowest BCUT2D eigenvalue weighted by molar-refractivity contribution is -0.118. The third-order valence-corrected chi connectivity index (χ3v) is 7.19. The van der Waals surface area contributed by atoms with Crippen molar-refractivity contribution < 1.29 is 9.53 Å². The summed E-state index contributed by atoms with van der Waals surface area (Å²) in [5.74, 6) is 0.906. The fourth-order valence-corrected chi connectivity index (χ4v) is 5.41. The van der Waals surface area contributed by atoms with Crippen molar-refractivity contribution >= 4 is 44.4 Å². The van der Waals surface area contributed by atoms with E-state index in [9.17, 15) is 4.79 Å². The van der Waals surface area contributed by atoms with Gasteiger partial charge in [-0.1, -0.05) is 35.6 Å². The first-order valence-electron chi connectivity index (χ1n) is 10.3. The molecule has 3 aromatic rings. The maximum Gasteiger partial charge on any atom is 0.229 e. The minimum Gasteiger partial charge on any atom is -0.379 e. The highest BCUT2D eigenvalue weighted by molar-refractivity contribution is 7.99. The smallest absolute Gasteiger partial charge is 0.229 e. The number of nitrogens with zero attached hydrogens (tertiary/aromatic N) is 3. The van der Waals surface area contributed by atoms with Crippen LogP contribution in [0.2, 0.25) is 0 Å². The first-order valence-corrected chi connectivity index (χ1v) is 12.1. The third kappa shape index (κ3) is 5.60. The van der Waals surface area contributed by atoms with Crippen molar-refractivity contribution in [2.24, 2.45) is 0 Å². The summed E-state index contributed by atoms with van der Waals surface area (Å²) in [4.78, 5) is 23.4. The van der Waals surface area contributed by atoms with Gasteiger partial charge in [-0.05, 0) is 36.8 Å². The zero-order chi connectivity index (χ0) is 20.8. The van der Waals surface area contributed by atoms with Crippen molar-refractivity contribution in [2.45, 2.75) is 18.2 Å². The van der Waals surface area contributed by atoms with Gasteiger partial charge in [0.05, 0.1) is 23.4 Å². The molecule has 0 saturated carbocycles. The minimum atomic E-state index is 0.141. The SMILES string of the molecule is Cc1ccc2nc(N(CCN3CCOCC3)C(=O)CCSc3ccccc3)sc2c1. The number of fused-ring (bicyclic) bond motifs is 1. The third-order valence-electron chi connectivity index (χ3n) is 5.14. The van der Waals surface area contributed by atoms with Crippen LogP contribution in [0.1, 0.15) is 12.0 Å². The van der Waals surface area contributed by atoms with Crippen LogP contribution in [0.5, 0.6) is 0 Å². The first-order chi connectivity index (χ1) is 14.7. The molecule has 1 aromatic heterocycles. The number of aromatic nitrogens is 1. The molecule has 158 valence electrons. The van der Waals surface area contributed by atoms with E-state index in [0.29, 0.717) is 13.0 Å². The predicted molar refractivity (Wildman–Crippen MR) is 126 cm³/mol. The number of carbonyl (C=O) groups excluding carboxylic acids is 1. The number of hydrogen-bond acceptors (Lipinski definition) is 6. The largest absolute Gasteiger partial charge is 0.379 e. The van der Waals surface area contributed by atoms with E-state index in [2.05, 4.69) is 36.1 Å². The van der Waals surface area contributed by atoms with Crippen LogP contribution in [-0.2, 0) is 9.53 Å². The molecule has 0 spiro atoms. The molecular formula is C23H27N3O2S2. The average Bonchev–Trinajstić information content (AvgIpc) is 3.18. The zero-order valence-corrected chi connectivity index (χ0v) is 18.9. The van der Waals surface area contributed by atoms with Crippen LogP contribution in [0.25, 0.3) is 10.2 Å². The van der Waals surface area contributed by atoms with Gasteiger partial charge in [-0.3, -0.25) is 14.6 Å². The zero-order valence-electron chi connectivity index (χ0n) is 17.3. The number of amides is 1. The molecule has 0 N–H and O–H groups in total. The Hall–Kier alpha value is -1.93. The van der Waals surface area contributed by atoms with E-state index in [-0.39, 0.29) is 5.91 Å². The van der Waals surface area contributed by atoms with Crippen molar-refractivity contribution in [3.63, 3.8) is 0 Å². The maximum absolute atomic E-state index is 13.2. The van der Waals surface area contributed by atoms with Gasteiger partial charge in [-0.25, -0.2) is 4.98 Å². The van der Waals surface area contributed by atoms with Crippen LogP contribution >= 0.6 is 23.1 Å². The van der Waals surface area contributed by atoms with Gasteiger partial charge in [-0.2, -0.15) is 0 Å². The molecule has 2 heterocycles. The molecule has 1 amide bonds. The van der Waals surface area contributed by atoms with Crippen LogP contribution in [0.3, 0.4) is 0 Å². The van der Waals surface area contributed by atoms with Gasteiger partial charge in [0, 0.05) is 43.2 Å². The van der Waals surface area contributed by atoms with Gasteiger partial charge >= 0.3 is 0 Å². The molecule has 1 fully saturated rings. The number of hydrogen-bond donors (Lipinski definition) is 0. The van der Waals surface area contributed by atoms with E-state index in [4.69, 9.17) is 9.72 Å². The van der Waals surface area contributed by atoms with E-state index in [1.54, 1.807) is 23.1 Å². The second-order valence-electron chi connectivity index (χ2n) is 7.38. The van der Waals surface area contributed by atoms with Crippen LogP contribution in [-0.4, -0.2) is 60.9 Å². The standard InChI is InChI=1S/C23H27N3O2S2/c1-18-7-8-20-21(17-18)30-23(24-20)26(11-10-25-12-14-28-15-13-25)22(27)9-16-29-19-5-3-2-4-6-19/h2-8,17H,9-16H2,1H3.